The second-order valence-electron chi connectivity index (χ2n) is 8.15. The lowest BCUT2D eigenvalue weighted by molar-refractivity contribution is -0.116. The molecule has 5 heteroatoms. The third-order valence-electron chi connectivity index (χ3n) is 5.76. The maximum Gasteiger partial charge on any atom is 0.244 e. The standard InChI is InChI=1S/C28H26FNO3/c1-17-5-7-20(8-6-17)15-30-26(31)13-18(2)23-14-24-25(21-9-11-22(29)12-10-21)16-33-28(24)19(3)27(23)32-4/h5-14,16H,15H2,1-4H3,(H,30,31)/b18-13+. The van der Waals surface area contributed by atoms with E-state index in [1.165, 1.54) is 17.7 Å². The Bertz CT molecular complexity index is 1330. The molecule has 4 aromatic rings. The molecule has 0 radical (unpaired) electrons. The Hall–Kier alpha value is -3.86. The molecule has 4 rings (SSSR count). The molecule has 1 heterocycles. The van der Waals surface area contributed by atoms with Gasteiger partial charge in [0.25, 0.3) is 0 Å². The van der Waals surface area contributed by atoms with Gasteiger partial charge in [0.1, 0.15) is 17.1 Å². The van der Waals surface area contributed by atoms with E-state index in [0.29, 0.717) is 17.9 Å². The minimum atomic E-state index is -0.291. The largest absolute Gasteiger partial charge is 0.496 e. The van der Waals surface area contributed by atoms with Crippen LogP contribution in [0.3, 0.4) is 0 Å². The quantitative estimate of drug-likeness (QED) is 0.342. The number of methoxy groups -OCH3 is 1. The van der Waals surface area contributed by atoms with E-state index in [-0.39, 0.29) is 11.7 Å². The van der Waals surface area contributed by atoms with Crippen molar-refractivity contribution >= 4 is 22.4 Å². The monoisotopic (exact) mass is 443 g/mol. The highest BCUT2D eigenvalue weighted by Crippen LogP contribution is 2.40. The van der Waals surface area contributed by atoms with Gasteiger partial charge in [-0.15, -0.1) is 0 Å². The van der Waals surface area contributed by atoms with Crippen LogP contribution in [0.1, 0.15) is 29.2 Å². The van der Waals surface area contributed by atoms with Crippen LogP contribution in [0.2, 0.25) is 0 Å². The zero-order valence-electron chi connectivity index (χ0n) is 19.2. The lowest BCUT2D eigenvalue weighted by atomic mass is 9.96. The molecule has 0 unspecified atom stereocenters. The molecule has 0 saturated carbocycles. The van der Waals surface area contributed by atoms with Gasteiger partial charge in [-0.3, -0.25) is 4.79 Å². The molecular weight excluding hydrogens is 417 g/mol. The number of rotatable bonds is 6. The molecule has 0 fully saturated rings. The van der Waals surface area contributed by atoms with Crippen LogP contribution in [-0.4, -0.2) is 13.0 Å². The van der Waals surface area contributed by atoms with Crippen LogP contribution < -0.4 is 10.1 Å². The Kier molecular flexibility index (Phi) is 6.31. The van der Waals surface area contributed by atoms with Gasteiger partial charge in [0, 0.05) is 34.7 Å². The molecule has 0 spiro atoms. The van der Waals surface area contributed by atoms with Gasteiger partial charge in [0.2, 0.25) is 5.91 Å². The zero-order chi connectivity index (χ0) is 23.5. The van der Waals surface area contributed by atoms with Crippen molar-refractivity contribution in [3.63, 3.8) is 0 Å². The van der Waals surface area contributed by atoms with Crippen LogP contribution in [0.25, 0.3) is 27.7 Å². The van der Waals surface area contributed by atoms with Crippen molar-refractivity contribution < 1.29 is 18.3 Å². The van der Waals surface area contributed by atoms with Gasteiger partial charge in [0.05, 0.1) is 13.4 Å². The third-order valence-corrected chi connectivity index (χ3v) is 5.76. The van der Waals surface area contributed by atoms with Crippen LogP contribution in [0.15, 0.2) is 71.4 Å². The van der Waals surface area contributed by atoms with Gasteiger partial charge in [-0.25, -0.2) is 4.39 Å². The van der Waals surface area contributed by atoms with Crippen molar-refractivity contribution in [1.29, 1.82) is 0 Å². The van der Waals surface area contributed by atoms with Gasteiger partial charge < -0.3 is 14.5 Å². The molecule has 168 valence electrons. The minimum absolute atomic E-state index is 0.182. The molecule has 0 saturated heterocycles. The number of carbonyl (C=O) groups is 1. The lowest BCUT2D eigenvalue weighted by Gasteiger charge is -2.13. The predicted molar refractivity (Wildman–Crippen MR) is 130 cm³/mol. The predicted octanol–water partition coefficient (Wildman–Crippen LogP) is 6.58. The molecule has 0 bridgehead atoms. The lowest BCUT2D eigenvalue weighted by Crippen LogP contribution is -2.20. The molecule has 1 amide bonds. The van der Waals surface area contributed by atoms with Crippen molar-refractivity contribution in [2.45, 2.75) is 27.3 Å². The first kappa shape index (κ1) is 22.3. The second-order valence-corrected chi connectivity index (χ2v) is 8.15. The molecule has 0 atom stereocenters. The highest BCUT2D eigenvalue weighted by molar-refractivity contribution is 6.01. The molecule has 0 aliphatic carbocycles. The summed E-state index contributed by atoms with van der Waals surface area (Å²) in [6.45, 7) is 6.29. The molecule has 33 heavy (non-hydrogen) atoms. The number of hydrogen-bond donors (Lipinski definition) is 1. The number of ether oxygens (including phenoxy) is 1. The van der Waals surface area contributed by atoms with Crippen molar-refractivity contribution in [3.8, 4) is 16.9 Å². The number of furan rings is 1. The summed E-state index contributed by atoms with van der Waals surface area (Å²) < 4.78 is 24.9. The van der Waals surface area contributed by atoms with E-state index in [9.17, 15) is 9.18 Å². The van der Waals surface area contributed by atoms with E-state index < -0.39 is 0 Å². The van der Waals surface area contributed by atoms with E-state index in [4.69, 9.17) is 9.15 Å². The number of hydrogen-bond acceptors (Lipinski definition) is 3. The van der Waals surface area contributed by atoms with Crippen LogP contribution in [0, 0.1) is 19.7 Å². The fourth-order valence-corrected chi connectivity index (χ4v) is 3.95. The van der Waals surface area contributed by atoms with Crippen molar-refractivity contribution in [2.75, 3.05) is 7.11 Å². The van der Waals surface area contributed by atoms with Crippen molar-refractivity contribution in [1.82, 2.24) is 5.32 Å². The summed E-state index contributed by atoms with van der Waals surface area (Å²) >= 11 is 0. The smallest absolute Gasteiger partial charge is 0.244 e. The Morgan fingerprint density at radius 1 is 1.09 bits per heavy atom. The van der Waals surface area contributed by atoms with Crippen LogP contribution in [0.5, 0.6) is 5.75 Å². The van der Waals surface area contributed by atoms with E-state index in [1.54, 1.807) is 31.6 Å². The van der Waals surface area contributed by atoms with Crippen molar-refractivity contribution in [2.24, 2.45) is 0 Å². The van der Waals surface area contributed by atoms with E-state index in [0.717, 1.165) is 38.8 Å². The molecule has 3 aromatic carbocycles. The third kappa shape index (κ3) is 4.67. The molecular formula is C28H26FNO3. The van der Waals surface area contributed by atoms with E-state index >= 15 is 0 Å². The second kappa shape index (κ2) is 9.33. The average molecular weight is 444 g/mol. The number of fused-ring (bicyclic) bond motifs is 1. The first-order valence-corrected chi connectivity index (χ1v) is 10.7. The Morgan fingerprint density at radius 2 is 1.79 bits per heavy atom. The Balaban J connectivity index is 1.67. The van der Waals surface area contributed by atoms with Crippen LogP contribution in [-0.2, 0) is 11.3 Å². The molecule has 4 nitrogen and oxygen atoms in total. The van der Waals surface area contributed by atoms with E-state index in [1.807, 2.05) is 51.1 Å². The van der Waals surface area contributed by atoms with Gasteiger partial charge in [-0.2, -0.15) is 0 Å². The van der Waals surface area contributed by atoms with Crippen LogP contribution in [0.4, 0.5) is 4.39 Å². The number of benzene rings is 3. The molecule has 1 N–H and O–H groups in total. The normalized spacial score (nSPS) is 11.6. The van der Waals surface area contributed by atoms with Gasteiger partial charge in [-0.05, 0) is 55.7 Å². The number of nitrogens with one attached hydrogen (secondary N) is 1. The fourth-order valence-electron chi connectivity index (χ4n) is 3.95. The van der Waals surface area contributed by atoms with Crippen LogP contribution >= 0.6 is 0 Å². The number of halogens is 1. The number of amides is 1. The highest BCUT2D eigenvalue weighted by Gasteiger charge is 2.18. The molecule has 0 aliphatic heterocycles. The minimum Gasteiger partial charge on any atom is -0.496 e. The van der Waals surface area contributed by atoms with Gasteiger partial charge in [0.15, 0.2) is 0 Å². The van der Waals surface area contributed by atoms with Crippen molar-refractivity contribution in [3.05, 3.63) is 95.0 Å². The molecule has 1 aromatic heterocycles. The van der Waals surface area contributed by atoms with Gasteiger partial charge >= 0.3 is 0 Å². The highest BCUT2D eigenvalue weighted by atomic mass is 19.1. The summed E-state index contributed by atoms with van der Waals surface area (Å²) in [6.07, 6.45) is 3.25. The van der Waals surface area contributed by atoms with Gasteiger partial charge in [-0.1, -0.05) is 42.0 Å². The summed E-state index contributed by atoms with van der Waals surface area (Å²) in [5.41, 5.74) is 7.03. The first-order valence-electron chi connectivity index (χ1n) is 10.7. The zero-order valence-corrected chi connectivity index (χ0v) is 19.2. The summed E-state index contributed by atoms with van der Waals surface area (Å²) in [6, 6.07) is 16.3. The average Bonchev–Trinajstić information content (AvgIpc) is 3.23. The summed E-state index contributed by atoms with van der Waals surface area (Å²) in [5.74, 6) is 0.182. The summed E-state index contributed by atoms with van der Waals surface area (Å²) in [7, 11) is 1.60. The Labute approximate surface area is 192 Å². The SMILES string of the molecule is COc1c(/C(C)=C/C(=O)NCc2ccc(C)cc2)cc2c(-c3ccc(F)cc3)coc2c1C. The fraction of sp³-hybridized carbons (Fsp3) is 0.179. The summed E-state index contributed by atoms with van der Waals surface area (Å²) in [4.78, 5) is 12.6. The number of allylic oxidation sites excluding steroid dienone is 1. The number of carbonyl (C=O) groups excluding carboxylic acids is 1. The number of aryl methyl sites for hydroxylation is 2. The Morgan fingerprint density at radius 3 is 2.45 bits per heavy atom. The maximum atomic E-state index is 13.4. The summed E-state index contributed by atoms with van der Waals surface area (Å²) in [5, 5.41) is 3.81. The maximum absolute atomic E-state index is 13.4. The topological polar surface area (TPSA) is 51.5 Å². The molecule has 0 aliphatic rings. The van der Waals surface area contributed by atoms with E-state index in [2.05, 4.69) is 5.32 Å². The first-order chi connectivity index (χ1) is 15.9.